The van der Waals surface area contributed by atoms with E-state index in [0.29, 0.717) is 44.0 Å². The van der Waals surface area contributed by atoms with E-state index in [1.165, 1.54) is 17.3 Å². The van der Waals surface area contributed by atoms with Gasteiger partial charge in [-0.3, -0.25) is 9.59 Å². The van der Waals surface area contributed by atoms with Crippen LogP contribution in [0.25, 0.3) is 0 Å². The Morgan fingerprint density at radius 3 is 2.45 bits per heavy atom. The molecular formula is C22H27N3O5S. The van der Waals surface area contributed by atoms with Gasteiger partial charge in [0.2, 0.25) is 10.0 Å². The number of carbonyl (C=O) groups is 2. The Kier molecular flexibility index (Phi) is 5.65. The van der Waals surface area contributed by atoms with Crippen LogP contribution in [0, 0.1) is 5.41 Å². The highest BCUT2D eigenvalue weighted by molar-refractivity contribution is 7.89. The Morgan fingerprint density at radius 1 is 1.10 bits per heavy atom. The highest BCUT2D eigenvalue weighted by atomic mass is 32.2. The SMILES string of the molecule is CC(=O)CN1CC2(CCN(C(=O)c3cccn3C)CC2)COc2ccccc2S1(=O)=O. The summed E-state index contributed by atoms with van der Waals surface area (Å²) >= 11 is 0. The third-order valence-corrected chi connectivity index (χ3v) is 8.02. The van der Waals surface area contributed by atoms with Gasteiger partial charge in [-0.05, 0) is 44.0 Å². The number of aromatic nitrogens is 1. The third kappa shape index (κ3) is 4.12. The number of amides is 1. The van der Waals surface area contributed by atoms with E-state index in [4.69, 9.17) is 4.74 Å². The van der Waals surface area contributed by atoms with Gasteiger partial charge in [0.25, 0.3) is 5.91 Å². The van der Waals surface area contributed by atoms with Crippen LogP contribution < -0.4 is 4.74 Å². The van der Waals surface area contributed by atoms with Gasteiger partial charge in [-0.25, -0.2) is 8.42 Å². The number of hydrogen-bond donors (Lipinski definition) is 0. The molecule has 0 atom stereocenters. The first kappa shape index (κ1) is 21.6. The van der Waals surface area contributed by atoms with Gasteiger partial charge >= 0.3 is 0 Å². The molecule has 0 saturated carbocycles. The van der Waals surface area contributed by atoms with Crippen molar-refractivity contribution in [2.24, 2.45) is 12.5 Å². The van der Waals surface area contributed by atoms with Crippen LogP contribution in [0.15, 0.2) is 47.5 Å². The molecule has 2 aliphatic rings. The summed E-state index contributed by atoms with van der Waals surface area (Å²) in [6.07, 6.45) is 3.02. The van der Waals surface area contributed by atoms with Crippen molar-refractivity contribution in [3.05, 3.63) is 48.3 Å². The first-order valence-corrected chi connectivity index (χ1v) is 11.8. The molecule has 1 spiro atoms. The van der Waals surface area contributed by atoms with Crippen molar-refractivity contribution < 1.29 is 22.7 Å². The zero-order valence-electron chi connectivity index (χ0n) is 17.8. The number of carbonyl (C=O) groups excluding carboxylic acids is 2. The molecule has 1 amide bonds. The van der Waals surface area contributed by atoms with Crippen molar-refractivity contribution in [1.29, 1.82) is 0 Å². The van der Waals surface area contributed by atoms with Crippen LogP contribution in [0.1, 0.15) is 30.3 Å². The Morgan fingerprint density at radius 2 is 1.81 bits per heavy atom. The van der Waals surface area contributed by atoms with Gasteiger partial charge in [-0.1, -0.05) is 12.1 Å². The van der Waals surface area contributed by atoms with Gasteiger partial charge < -0.3 is 14.2 Å². The summed E-state index contributed by atoms with van der Waals surface area (Å²) in [5.74, 6) is 0.0548. The lowest BCUT2D eigenvalue weighted by atomic mass is 9.78. The predicted molar refractivity (Wildman–Crippen MR) is 114 cm³/mol. The molecule has 1 aromatic carbocycles. The number of piperidine rings is 1. The number of fused-ring (bicyclic) bond motifs is 1. The minimum absolute atomic E-state index is 0.0346. The van der Waals surface area contributed by atoms with Gasteiger partial charge in [0.05, 0.1) is 13.2 Å². The molecule has 9 heteroatoms. The predicted octanol–water partition coefficient (Wildman–Crippen LogP) is 1.92. The number of aryl methyl sites for hydroxylation is 1. The molecule has 0 aliphatic carbocycles. The van der Waals surface area contributed by atoms with Crippen molar-refractivity contribution in [3.63, 3.8) is 0 Å². The highest BCUT2D eigenvalue weighted by Crippen LogP contribution is 2.39. The smallest absolute Gasteiger partial charge is 0.270 e. The van der Waals surface area contributed by atoms with E-state index < -0.39 is 15.4 Å². The van der Waals surface area contributed by atoms with Crippen LogP contribution in [-0.4, -0.2) is 66.7 Å². The first-order valence-electron chi connectivity index (χ1n) is 10.3. The fraction of sp³-hybridized carbons (Fsp3) is 0.455. The quantitative estimate of drug-likeness (QED) is 0.720. The molecule has 31 heavy (non-hydrogen) atoms. The van der Waals surface area contributed by atoms with Gasteiger partial charge in [-0.15, -0.1) is 0 Å². The second-order valence-corrected chi connectivity index (χ2v) is 10.4. The van der Waals surface area contributed by atoms with E-state index >= 15 is 0 Å². The van der Waals surface area contributed by atoms with Crippen LogP contribution in [0.2, 0.25) is 0 Å². The maximum atomic E-state index is 13.3. The van der Waals surface area contributed by atoms with Crippen LogP contribution >= 0.6 is 0 Å². The van der Waals surface area contributed by atoms with Crippen LogP contribution in [0.3, 0.4) is 0 Å². The standard InChI is InChI=1S/C22H27N3O5S/c1-17(26)14-25-15-22(16-30-19-7-3-4-8-20(19)31(25,28)29)9-12-24(13-10-22)21(27)18-6-5-11-23(18)2/h3-8,11H,9-10,12-16H2,1-2H3. The highest BCUT2D eigenvalue weighted by Gasteiger charge is 2.44. The molecule has 0 radical (unpaired) electrons. The monoisotopic (exact) mass is 445 g/mol. The topological polar surface area (TPSA) is 88.9 Å². The van der Waals surface area contributed by atoms with Crippen molar-refractivity contribution in [3.8, 4) is 5.75 Å². The third-order valence-electron chi connectivity index (χ3n) is 6.19. The summed E-state index contributed by atoms with van der Waals surface area (Å²) in [6, 6.07) is 10.2. The average Bonchev–Trinajstić information content (AvgIpc) is 3.17. The maximum Gasteiger partial charge on any atom is 0.270 e. The normalized spacial score (nSPS) is 20.4. The lowest BCUT2D eigenvalue weighted by molar-refractivity contribution is -0.117. The number of para-hydroxylation sites is 1. The molecular weight excluding hydrogens is 418 g/mol. The summed E-state index contributed by atoms with van der Waals surface area (Å²) in [6.45, 7) is 2.75. The number of nitrogens with zero attached hydrogens (tertiary/aromatic N) is 3. The Balaban J connectivity index is 1.60. The molecule has 1 saturated heterocycles. The van der Waals surface area contributed by atoms with Crippen molar-refractivity contribution in [2.75, 3.05) is 32.8 Å². The molecule has 0 N–H and O–H groups in total. The number of benzene rings is 1. The van der Waals surface area contributed by atoms with Gasteiger partial charge in [0.15, 0.2) is 0 Å². The minimum Gasteiger partial charge on any atom is -0.492 e. The number of ether oxygens (including phenoxy) is 1. The van der Waals surface area contributed by atoms with E-state index in [1.54, 1.807) is 33.7 Å². The summed E-state index contributed by atoms with van der Waals surface area (Å²) in [5, 5.41) is 0. The zero-order valence-corrected chi connectivity index (χ0v) is 18.6. The van der Waals surface area contributed by atoms with Crippen molar-refractivity contribution in [1.82, 2.24) is 13.8 Å². The van der Waals surface area contributed by atoms with E-state index in [2.05, 4.69) is 0 Å². The number of hydrogen-bond acceptors (Lipinski definition) is 5. The number of sulfonamides is 1. The lowest BCUT2D eigenvalue weighted by Gasteiger charge is -2.44. The van der Waals surface area contributed by atoms with Crippen molar-refractivity contribution in [2.45, 2.75) is 24.7 Å². The van der Waals surface area contributed by atoms with E-state index in [-0.39, 0.29) is 29.7 Å². The fourth-order valence-electron chi connectivity index (χ4n) is 4.38. The van der Waals surface area contributed by atoms with E-state index in [1.807, 2.05) is 19.3 Å². The molecule has 0 bridgehead atoms. The Hall–Kier alpha value is -2.65. The fourth-order valence-corrected chi connectivity index (χ4v) is 6.08. The molecule has 2 aromatic rings. The second-order valence-electron chi connectivity index (χ2n) is 8.51. The average molecular weight is 446 g/mol. The van der Waals surface area contributed by atoms with Gasteiger partial charge in [-0.2, -0.15) is 4.31 Å². The molecule has 8 nitrogen and oxygen atoms in total. The minimum atomic E-state index is -3.88. The molecule has 3 heterocycles. The van der Waals surface area contributed by atoms with Crippen molar-refractivity contribution >= 4 is 21.7 Å². The largest absolute Gasteiger partial charge is 0.492 e. The summed E-state index contributed by atoms with van der Waals surface area (Å²) in [7, 11) is -2.04. The Bertz CT molecular complexity index is 1100. The maximum absolute atomic E-state index is 13.3. The van der Waals surface area contributed by atoms with Crippen LogP contribution in [0.5, 0.6) is 5.75 Å². The summed E-state index contributed by atoms with van der Waals surface area (Å²) in [5.41, 5.74) is 0.153. The molecule has 1 aromatic heterocycles. The van der Waals surface area contributed by atoms with Crippen LogP contribution in [-0.2, 0) is 21.9 Å². The number of rotatable bonds is 3. The van der Waals surface area contributed by atoms with Gasteiger partial charge in [0, 0.05) is 38.3 Å². The van der Waals surface area contributed by atoms with E-state index in [0.717, 1.165) is 0 Å². The molecule has 4 rings (SSSR count). The summed E-state index contributed by atoms with van der Waals surface area (Å²) in [4.78, 5) is 26.7. The van der Waals surface area contributed by atoms with Crippen LogP contribution in [0.4, 0.5) is 0 Å². The van der Waals surface area contributed by atoms with Gasteiger partial charge in [0.1, 0.15) is 22.1 Å². The molecule has 1 fully saturated rings. The lowest BCUT2D eigenvalue weighted by Crippen LogP contribution is -2.53. The molecule has 166 valence electrons. The molecule has 0 unspecified atom stereocenters. The first-order chi connectivity index (χ1) is 14.7. The zero-order chi connectivity index (χ0) is 22.2. The number of likely N-dealkylation sites (tertiary alicyclic amines) is 1. The number of ketones is 1. The molecule has 2 aliphatic heterocycles. The van der Waals surface area contributed by atoms with E-state index in [9.17, 15) is 18.0 Å². The summed E-state index contributed by atoms with van der Waals surface area (Å²) < 4.78 is 35.7. The second kappa shape index (κ2) is 8.12. The Labute approximate surface area is 182 Å². The number of Topliss-reactive ketones (excluding diaryl/α,β-unsaturated/α-hetero) is 1.